The van der Waals surface area contributed by atoms with Crippen LogP contribution >= 0.6 is 0 Å². The van der Waals surface area contributed by atoms with Gasteiger partial charge in [-0.15, -0.1) is 0 Å². The molecule has 4 rings (SSSR count). The van der Waals surface area contributed by atoms with Crippen LogP contribution in [0.4, 0.5) is 0 Å². The van der Waals surface area contributed by atoms with Gasteiger partial charge in [-0.25, -0.2) is 0 Å². The first-order chi connectivity index (χ1) is 10.4. The Morgan fingerprint density at radius 2 is 1.76 bits per heavy atom. The molecule has 2 atom stereocenters. The monoisotopic (exact) mass is 280 g/mol. The lowest BCUT2D eigenvalue weighted by Gasteiger charge is -2.13. The van der Waals surface area contributed by atoms with Crippen molar-refractivity contribution in [3.63, 3.8) is 0 Å². The second-order valence-electron chi connectivity index (χ2n) is 5.40. The minimum atomic E-state index is 0.839. The van der Waals surface area contributed by atoms with Crippen molar-refractivity contribution in [3.8, 4) is 0 Å². The molecule has 3 aliphatic rings. The maximum atomic E-state index is 2.46. The molecule has 0 amide bonds. The number of aryl methyl sites for hydroxylation is 1. The van der Waals surface area contributed by atoms with Crippen molar-refractivity contribution >= 4 is 11.6 Å². The fourth-order valence-electron chi connectivity index (χ4n) is 2.97. The zero-order valence-electron chi connectivity index (χ0n) is 13.9. The average molecular weight is 280 g/mol. The van der Waals surface area contributed by atoms with Gasteiger partial charge in [-0.05, 0) is 53.4 Å². The van der Waals surface area contributed by atoms with E-state index in [2.05, 4.69) is 48.6 Å². The van der Waals surface area contributed by atoms with E-state index >= 15 is 0 Å². The Hall–Kier alpha value is -1.56. The van der Waals surface area contributed by atoms with Crippen LogP contribution in [0.25, 0.3) is 11.6 Å². The van der Waals surface area contributed by atoms with Gasteiger partial charge in [-0.2, -0.15) is 0 Å². The van der Waals surface area contributed by atoms with Crippen LogP contribution < -0.4 is 0 Å². The number of hydrogen-bond donors (Lipinski definition) is 0. The van der Waals surface area contributed by atoms with Gasteiger partial charge < -0.3 is 0 Å². The van der Waals surface area contributed by atoms with Crippen LogP contribution in [0.5, 0.6) is 0 Å². The van der Waals surface area contributed by atoms with E-state index in [0.717, 1.165) is 11.8 Å². The molecule has 1 saturated carbocycles. The smallest absolute Gasteiger partial charge is 0.0155 e. The molecule has 1 aromatic carbocycles. The molecule has 21 heavy (non-hydrogen) atoms. The highest BCUT2D eigenvalue weighted by Gasteiger charge is 2.35. The first-order valence-electron chi connectivity index (χ1n) is 8.60. The van der Waals surface area contributed by atoms with Gasteiger partial charge in [0.15, 0.2) is 0 Å². The van der Waals surface area contributed by atoms with Crippen molar-refractivity contribution in [2.75, 3.05) is 0 Å². The van der Waals surface area contributed by atoms with Crippen molar-refractivity contribution in [2.45, 2.75) is 47.0 Å². The standard InChI is InChI=1S/C17H16.2C2H6/c1-2-4-13-9-14(6-5-12(13)3-1)15-7-8-16-11-17(16)10-15;2*1-2/h1,3,5-10,16-17H,2,4,11H2;2*1-2H3. The average Bonchev–Trinajstić information content (AvgIpc) is 3.37. The van der Waals surface area contributed by atoms with Crippen LogP contribution in [0, 0.1) is 11.8 Å². The van der Waals surface area contributed by atoms with Gasteiger partial charge in [-0.1, -0.05) is 76.3 Å². The molecular formula is C21H28. The summed E-state index contributed by atoms with van der Waals surface area (Å²) in [6, 6.07) is 6.93. The van der Waals surface area contributed by atoms with Crippen LogP contribution in [0.3, 0.4) is 0 Å². The van der Waals surface area contributed by atoms with Gasteiger partial charge in [0.25, 0.3) is 0 Å². The normalized spacial score (nSPS) is 23.5. The quantitative estimate of drug-likeness (QED) is 0.567. The molecule has 0 heterocycles. The molecule has 0 aromatic heterocycles. The maximum Gasteiger partial charge on any atom is -0.0155 e. The second-order valence-corrected chi connectivity index (χ2v) is 5.40. The van der Waals surface area contributed by atoms with Crippen molar-refractivity contribution < 1.29 is 0 Å². The summed E-state index contributed by atoms with van der Waals surface area (Å²) < 4.78 is 0. The van der Waals surface area contributed by atoms with Gasteiger partial charge in [0, 0.05) is 0 Å². The summed E-state index contributed by atoms with van der Waals surface area (Å²) in [6.45, 7) is 8.00. The number of rotatable bonds is 1. The van der Waals surface area contributed by atoms with Gasteiger partial charge in [0.1, 0.15) is 0 Å². The first-order valence-corrected chi connectivity index (χ1v) is 8.60. The topological polar surface area (TPSA) is 0 Å². The molecule has 0 aliphatic heterocycles. The molecule has 3 aliphatic carbocycles. The summed E-state index contributed by atoms with van der Waals surface area (Å²) in [4.78, 5) is 0. The van der Waals surface area contributed by atoms with Crippen molar-refractivity contribution in [2.24, 2.45) is 11.8 Å². The van der Waals surface area contributed by atoms with Gasteiger partial charge in [-0.3, -0.25) is 0 Å². The summed E-state index contributed by atoms with van der Waals surface area (Å²) in [6.07, 6.45) is 15.5. The summed E-state index contributed by atoms with van der Waals surface area (Å²) in [5.41, 5.74) is 5.75. The zero-order valence-corrected chi connectivity index (χ0v) is 13.9. The Kier molecular flexibility index (Phi) is 5.61. The molecule has 0 heteroatoms. The Labute approximate surface area is 130 Å². The van der Waals surface area contributed by atoms with Gasteiger partial charge in [0.05, 0.1) is 0 Å². The lowest BCUT2D eigenvalue weighted by Crippen LogP contribution is -1.96. The number of fused-ring (bicyclic) bond motifs is 2. The predicted octanol–water partition coefficient (Wildman–Crippen LogP) is 6.29. The Balaban J connectivity index is 0.000000374. The van der Waals surface area contributed by atoms with Gasteiger partial charge in [0.2, 0.25) is 0 Å². The molecule has 112 valence electrons. The molecule has 0 N–H and O–H groups in total. The highest BCUT2D eigenvalue weighted by Crippen LogP contribution is 2.46. The lowest BCUT2D eigenvalue weighted by molar-refractivity contribution is 0.977. The third-order valence-electron chi connectivity index (χ3n) is 4.16. The van der Waals surface area contributed by atoms with Crippen LogP contribution in [0.1, 0.15) is 57.2 Å². The highest BCUT2D eigenvalue weighted by molar-refractivity contribution is 5.77. The van der Waals surface area contributed by atoms with E-state index in [1.54, 1.807) is 0 Å². The predicted molar refractivity (Wildman–Crippen MR) is 95.2 cm³/mol. The SMILES string of the molecule is C1=Cc2ccc(C3=CC4CC4C=C3)cc2CC1.CC.CC. The summed E-state index contributed by atoms with van der Waals surface area (Å²) in [5, 5.41) is 0. The number of benzene rings is 1. The van der Waals surface area contributed by atoms with E-state index in [1.165, 1.54) is 41.5 Å². The van der Waals surface area contributed by atoms with E-state index in [4.69, 9.17) is 0 Å². The van der Waals surface area contributed by atoms with E-state index in [0.29, 0.717) is 0 Å². The number of allylic oxidation sites excluding steroid dienone is 5. The third-order valence-corrected chi connectivity index (χ3v) is 4.16. The minimum Gasteiger partial charge on any atom is -0.0836 e. The Bertz CT molecular complexity index is 557. The molecule has 0 bridgehead atoms. The molecule has 0 spiro atoms. The minimum absolute atomic E-state index is 0.839. The van der Waals surface area contributed by atoms with E-state index < -0.39 is 0 Å². The molecular weight excluding hydrogens is 252 g/mol. The van der Waals surface area contributed by atoms with E-state index in [1.807, 2.05) is 27.7 Å². The Morgan fingerprint density at radius 3 is 2.52 bits per heavy atom. The third kappa shape index (κ3) is 3.56. The van der Waals surface area contributed by atoms with Crippen LogP contribution in [-0.2, 0) is 6.42 Å². The maximum absolute atomic E-state index is 2.46. The molecule has 0 saturated heterocycles. The second kappa shape index (κ2) is 7.45. The Morgan fingerprint density at radius 1 is 0.952 bits per heavy atom. The van der Waals surface area contributed by atoms with E-state index in [9.17, 15) is 0 Å². The van der Waals surface area contributed by atoms with Crippen molar-refractivity contribution in [1.29, 1.82) is 0 Å². The number of hydrogen-bond acceptors (Lipinski definition) is 0. The highest BCUT2D eigenvalue weighted by atomic mass is 14.4. The summed E-state index contributed by atoms with van der Waals surface area (Å²) in [7, 11) is 0. The molecule has 0 nitrogen and oxygen atoms in total. The van der Waals surface area contributed by atoms with Gasteiger partial charge >= 0.3 is 0 Å². The van der Waals surface area contributed by atoms with Crippen molar-refractivity contribution in [1.82, 2.24) is 0 Å². The summed E-state index contributed by atoms with van der Waals surface area (Å²) in [5.74, 6) is 1.70. The van der Waals surface area contributed by atoms with Crippen LogP contribution in [0.2, 0.25) is 0 Å². The van der Waals surface area contributed by atoms with Crippen LogP contribution in [0.15, 0.2) is 42.5 Å². The first kappa shape index (κ1) is 15.8. The zero-order chi connectivity index (χ0) is 15.2. The van der Waals surface area contributed by atoms with Crippen molar-refractivity contribution in [3.05, 3.63) is 59.2 Å². The fraction of sp³-hybridized carbons (Fsp3) is 0.429. The molecule has 2 unspecified atom stereocenters. The molecule has 1 fully saturated rings. The largest absolute Gasteiger partial charge is 0.0836 e. The molecule has 1 aromatic rings. The molecule has 0 radical (unpaired) electrons. The fourth-order valence-corrected chi connectivity index (χ4v) is 2.97. The van der Waals surface area contributed by atoms with Crippen LogP contribution in [-0.4, -0.2) is 0 Å². The lowest BCUT2D eigenvalue weighted by atomic mass is 9.91. The van der Waals surface area contributed by atoms with E-state index in [-0.39, 0.29) is 0 Å². The summed E-state index contributed by atoms with van der Waals surface area (Å²) >= 11 is 0.